The highest BCUT2D eigenvalue weighted by molar-refractivity contribution is 5.45. The van der Waals surface area contributed by atoms with E-state index in [1.807, 2.05) is 6.07 Å². The first-order chi connectivity index (χ1) is 14.4. The lowest BCUT2D eigenvalue weighted by Gasteiger charge is -2.41. The van der Waals surface area contributed by atoms with Gasteiger partial charge in [-0.15, -0.1) is 6.58 Å². The Morgan fingerprint density at radius 1 is 0.867 bits per heavy atom. The Bertz CT molecular complexity index is 987. The molecule has 2 aliphatic rings. The smallest absolute Gasteiger partial charge is 0.139 e. The van der Waals surface area contributed by atoms with Crippen molar-refractivity contribution in [2.24, 2.45) is 17.8 Å². The fourth-order valence-electron chi connectivity index (χ4n) is 5.19. The molecule has 2 aromatic carbocycles. The fourth-order valence-corrected chi connectivity index (χ4v) is 5.19. The topological polar surface area (TPSA) is 0 Å². The Kier molecular flexibility index (Phi) is 6.04. The lowest BCUT2D eigenvalue weighted by molar-refractivity contribution is 0.133. The number of hydrogen-bond donors (Lipinski definition) is 0. The number of benzene rings is 2. The highest BCUT2D eigenvalue weighted by Crippen LogP contribution is 2.47. The van der Waals surface area contributed by atoms with Gasteiger partial charge in [-0.1, -0.05) is 24.0 Å². The summed E-state index contributed by atoms with van der Waals surface area (Å²) in [5.74, 6) is 6.30. The van der Waals surface area contributed by atoms with Crippen molar-refractivity contribution in [1.82, 2.24) is 0 Å². The van der Waals surface area contributed by atoms with Crippen LogP contribution in [0.4, 0.5) is 13.2 Å². The summed E-state index contributed by atoms with van der Waals surface area (Å²) in [5.41, 5.74) is 1.45. The molecule has 0 radical (unpaired) electrons. The molecule has 0 aromatic heterocycles. The number of rotatable bonds is 2. The van der Waals surface area contributed by atoms with Crippen molar-refractivity contribution in [2.75, 3.05) is 0 Å². The monoisotopic (exact) mass is 408 g/mol. The molecule has 4 unspecified atom stereocenters. The second-order valence-electron chi connectivity index (χ2n) is 8.89. The van der Waals surface area contributed by atoms with Crippen LogP contribution in [0.15, 0.2) is 43.0 Å². The molecule has 4 atom stereocenters. The second-order valence-corrected chi connectivity index (χ2v) is 8.89. The van der Waals surface area contributed by atoms with Gasteiger partial charge in [-0.2, -0.15) is 0 Å². The molecule has 2 saturated carbocycles. The quantitative estimate of drug-likeness (QED) is 0.361. The fraction of sp³-hybridized carbons (Fsp3) is 0.407. The molecule has 0 bridgehead atoms. The van der Waals surface area contributed by atoms with E-state index in [1.165, 1.54) is 44.7 Å². The normalized spacial score (nSPS) is 25.7. The second kappa shape index (κ2) is 8.72. The van der Waals surface area contributed by atoms with E-state index in [0.717, 1.165) is 30.2 Å². The zero-order chi connectivity index (χ0) is 21.3. The minimum Gasteiger partial charge on any atom is -0.207 e. The summed E-state index contributed by atoms with van der Waals surface area (Å²) < 4.78 is 42.1. The van der Waals surface area contributed by atoms with E-state index in [4.69, 9.17) is 0 Å². The van der Waals surface area contributed by atoms with E-state index >= 15 is 0 Å². The highest BCUT2D eigenvalue weighted by Gasteiger charge is 2.35. The van der Waals surface area contributed by atoms with Crippen LogP contribution in [0.1, 0.15) is 66.7 Å². The first-order valence-corrected chi connectivity index (χ1v) is 10.8. The number of allylic oxidation sites excluding steroid dienone is 1. The summed E-state index contributed by atoms with van der Waals surface area (Å²) >= 11 is 0. The average Bonchev–Trinajstić information content (AvgIpc) is 2.75. The Morgan fingerprint density at radius 3 is 2.27 bits per heavy atom. The first-order valence-electron chi connectivity index (χ1n) is 10.8. The van der Waals surface area contributed by atoms with Gasteiger partial charge >= 0.3 is 0 Å². The van der Waals surface area contributed by atoms with Crippen LogP contribution in [0.5, 0.6) is 0 Å². The van der Waals surface area contributed by atoms with Crippen molar-refractivity contribution >= 4 is 0 Å². The summed E-state index contributed by atoms with van der Waals surface area (Å²) in [7, 11) is 0. The Hall–Kier alpha value is -2.47. The van der Waals surface area contributed by atoms with Crippen LogP contribution < -0.4 is 0 Å². The van der Waals surface area contributed by atoms with Gasteiger partial charge in [0, 0.05) is 11.1 Å². The number of hydrogen-bond acceptors (Lipinski definition) is 0. The van der Waals surface area contributed by atoms with Crippen molar-refractivity contribution in [3.8, 4) is 11.8 Å². The van der Waals surface area contributed by atoms with Gasteiger partial charge in [-0.05, 0) is 98.9 Å². The summed E-state index contributed by atoms with van der Waals surface area (Å²) in [6, 6.07) is 7.61. The van der Waals surface area contributed by atoms with E-state index in [2.05, 4.69) is 24.5 Å². The number of fused-ring (bicyclic) bond motifs is 1. The molecule has 3 heteroatoms. The molecule has 0 saturated heterocycles. The van der Waals surface area contributed by atoms with E-state index < -0.39 is 11.6 Å². The summed E-state index contributed by atoms with van der Waals surface area (Å²) in [6.07, 6.45) is 9.25. The van der Waals surface area contributed by atoms with Crippen LogP contribution in [-0.2, 0) is 0 Å². The van der Waals surface area contributed by atoms with Crippen molar-refractivity contribution in [1.29, 1.82) is 0 Å². The lowest BCUT2D eigenvalue weighted by Crippen LogP contribution is -2.30. The van der Waals surface area contributed by atoms with Crippen LogP contribution >= 0.6 is 0 Å². The molecule has 0 spiro atoms. The predicted molar refractivity (Wildman–Crippen MR) is 115 cm³/mol. The van der Waals surface area contributed by atoms with Gasteiger partial charge in [-0.25, -0.2) is 13.2 Å². The Labute approximate surface area is 177 Å². The average molecular weight is 409 g/mol. The highest BCUT2D eigenvalue weighted by atomic mass is 19.1. The maximum Gasteiger partial charge on any atom is 0.139 e. The minimum absolute atomic E-state index is 0.0382. The van der Waals surface area contributed by atoms with E-state index in [0.29, 0.717) is 11.8 Å². The molecule has 4 rings (SSSR count). The molecule has 30 heavy (non-hydrogen) atoms. The zero-order valence-electron chi connectivity index (χ0n) is 17.4. The third kappa shape index (κ3) is 4.33. The summed E-state index contributed by atoms with van der Waals surface area (Å²) in [5, 5.41) is 0. The maximum atomic E-state index is 14.7. The molecule has 0 N–H and O–H groups in total. The van der Waals surface area contributed by atoms with Gasteiger partial charge in [-0.3, -0.25) is 0 Å². The van der Waals surface area contributed by atoms with Crippen molar-refractivity contribution in [3.05, 3.63) is 82.7 Å². The molecule has 156 valence electrons. The van der Waals surface area contributed by atoms with E-state index in [1.54, 1.807) is 12.1 Å². The summed E-state index contributed by atoms with van der Waals surface area (Å²) in [4.78, 5) is 0. The van der Waals surface area contributed by atoms with Gasteiger partial charge in [0.1, 0.15) is 17.5 Å². The minimum atomic E-state index is -0.646. The lowest BCUT2D eigenvalue weighted by atomic mass is 9.64. The van der Waals surface area contributed by atoms with E-state index in [-0.39, 0.29) is 22.5 Å². The molecule has 0 nitrogen and oxygen atoms in total. The van der Waals surface area contributed by atoms with Crippen molar-refractivity contribution < 1.29 is 13.2 Å². The molecule has 0 aliphatic heterocycles. The molecule has 0 amide bonds. The molecular formula is C27H27F3. The largest absolute Gasteiger partial charge is 0.207 e. The Balaban J connectivity index is 1.48. The van der Waals surface area contributed by atoms with Gasteiger partial charge in [0.2, 0.25) is 0 Å². The van der Waals surface area contributed by atoms with Gasteiger partial charge in [0.05, 0.1) is 5.56 Å². The van der Waals surface area contributed by atoms with Gasteiger partial charge in [0.25, 0.3) is 0 Å². The third-order valence-corrected chi connectivity index (χ3v) is 7.07. The molecule has 0 heterocycles. The maximum absolute atomic E-state index is 14.7. The Morgan fingerprint density at radius 2 is 1.57 bits per heavy atom. The summed E-state index contributed by atoms with van der Waals surface area (Å²) in [6.45, 7) is 5.33. The first kappa shape index (κ1) is 20.8. The van der Waals surface area contributed by atoms with E-state index in [9.17, 15) is 13.2 Å². The molecule has 2 aliphatic carbocycles. The standard InChI is InChI=1S/C27H27F3/c1-3-18-4-7-22-15-23(11-10-21(22)12-18)24-9-8-20(27(30)16-24)6-5-19-13-25(28)17(2)26(29)14-19/h3,8-9,13-14,16,18,21-23H,1,4,7,10-12,15H2,2H3. The van der Waals surface area contributed by atoms with Crippen LogP contribution in [0.3, 0.4) is 0 Å². The SMILES string of the molecule is C=CC1CCC2CC(c3ccc(C#Cc4cc(F)c(C)c(F)c4)c(F)c3)CCC2C1. The van der Waals surface area contributed by atoms with Crippen LogP contribution in [-0.4, -0.2) is 0 Å². The molecule has 2 fully saturated rings. The molecule has 2 aromatic rings. The predicted octanol–water partition coefficient (Wildman–Crippen LogP) is 7.30. The number of halogens is 3. The van der Waals surface area contributed by atoms with Crippen molar-refractivity contribution in [2.45, 2.75) is 51.4 Å². The van der Waals surface area contributed by atoms with Gasteiger partial charge in [0.15, 0.2) is 0 Å². The third-order valence-electron chi connectivity index (χ3n) is 7.07. The van der Waals surface area contributed by atoms with Crippen LogP contribution in [0, 0.1) is 54.0 Å². The van der Waals surface area contributed by atoms with Crippen molar-refractivity contribution in [3.63, 3.8) is 0 Å². The van der Waals surface area contributed by atoms with Crippen LogP contribution in [0.25, 0.3) is 0 Å². The molecular weight excluding hydrogens is 381 g/mol. The van der Waals surface area contributed by atoms with Gasteiger partial charge < -0.3 is 0 Å². The van der Waals surface area contributed by atoms with Crippen LogP contribution in [0.2, 0.25) is 0 Å². The zero-order valence-corrected chi connectivity index (χ0v) is 17.4.